The van der Waals surface area contributed by atoms with Crippen LogP contribution in [0.3, 0.4) is 0 Å². The number of rotatable bonds is 3. The first-order valence-corrected chi connectivity index (χ1v) is 4.73. The minimum Gasteiger partial charge on any atom is -0.461 e. The molecule has 1 atom stereocenters. The topological polar surface area (TPSA) is 30.2 Å². The minimum atomic E-state index is 0.167. The molecule has 0 aliphatic heterocycles. The molecule has 2 aromatic rings. The maximum atomic E-state index is 10.4. The Balaban J connectivity index is 2.39. The predicted molar refractivity (Wildman–Crippen MR) is 55.3 cm³/mol. The maximum Gasteiger partial charge on any atom is 0.134 e. The number of aldehydes is 1. The van der Waals surface area contributed by atoms with Crippen LogP contribution in [0.25, 0.3) is 11.0 Å². The van der Waals surface area contributed by atoms with Crippen molar-refractivity contribution in [2.24, 2.45) is 0 Å². The van der Waals surface area contributed by atoms with Crippen LogP contribution in [0.5, 0.6) is 0 Å². The quantitative estimate of drug-likeness (QED) is 0.693. The second-order valence-electron chi connectivity index (χ2n) is 3.49. The molecule has 1 aromatic heterocycles. The zero-order valence-corrected chi connectivity index (χ0v) is 8.07. The van der Waals surface area contributed by atoms with Gasteiger partial charge in [0.1, 0.15) is 17.6 Å². The fraction of sp³-hybridized carbons (Fsp3) is 0.250. The third kappa shape index (κ3) is 1.55. The second-order valence-corrected chi connectivity index (χ2v) is 3.49. The molecule has 2 rings (SSSR count). The third-order valence-electron chi connectivity index (χ3n) is 2.38. The summed E-state index contributed by atoms with van der Waals surface area (Å²) >= 11 is 0. The van der Waals surface area contributed by atoms with Crippen LogP contribution in [-0.2, 0) is 4.79 Å². The van der Waals surface area contributed by atoms with Crippen molar-refractivity contribution in [1.82, 2.24) is 0 Å². The smallest absolute Gasteiger partial charge is 0.134 e. The van der Waals surface area contributed by atoms with Crippen LogP contribution in [0.1, 0.15) is 25.0 Å². The van der Waals surface area contributed by atoms with E-state index in [9.17, 15) is 4.79 Å². The fourth-order valence-electron chi connectivity index (χ4n) is 1.51. The van der Waals surface area contributed by atoms with Gasteiger partial charge in [0.2, 0.25) is 0 Å². The highest BCUT2D eigenvalue weighted by Gasteiger charge is 2.10. The number of carbonyl (C=O) groups excluding carboxylic acids is 1. The largest absolute Gasteiger partial charge is 0.461 e. The maximum absolute atomic E-state index is 10.4. The lowest BCUT2D eigenvalue weighted by Gasteiger charge is -2.00. The molecule has 0 spiro atoms. The van der Waals surface area contributed by atoms with Crippen LogP contribution >= 0.6 is 0 Å². The highest BCUT2D eigenvalue weighted by atomic mass is 16.3. The predicted octanol–water partition coefficient (Wildman–Crippen LogP) is 3.13. The summed E-state index contributed by atoms with van der Waals surface area (Å²) in [6.07, 6.45) is 1.44. The van der Waals surface area contributed by atoms with Crippen molar-refractivity contribution in [3.8, 4) is 0 Å². The van der Waals surface area contributed by atoms with E-state index >= 15 is 0 Å². The van der Waals surface area contributed by atoms with Gasteiger partial charge in [-0.3, -0.25) is 0 Å². The van der Waals surface area contributed by atoms with Crippen molar-refractivity contribution in [3.05, 3.63) is 36.1 Å². The average Bonchev–Trinajstić information content (AvgIpc) is 2.61. The summed E-state index contributed by atoms with van der Waals surface area (Å²) < 4.78 is 5.62. The molecule has 0 N–H and O–H groups in total. The molecule has 0 amide bonds. The summed E-state index contributed by atoms with van der Waals surface area (Å²) in [5.41, 5.74) is 0.889. The normalized spacial score (nSPS) is 12.9. The molecule has 0 radical (unpaired) electrons. The van der Waals surface area contributed by atoms with Crippen molar-refractivity contribution in [2.45, 2.75) is 19.3 Å². The van der Waals surface area contributed by atoms with Gasteiger partial charge < -0.3 is 9.21 Å². The van der Waals surface area contributed by atoms with Crippen molar-refractivity contribution in [3.63, 3.8) is 0 Å². The summed E-state index contributed by atoms with van der Waals surface area (Å²) in [4.78, 5) is 10.4. The molecule has 0 aliphatic rings. The van der Waals surface area contributed by atoms with Gasteiger partial charge in [-0.05, 0) is 12.1 Å². The minimum absolute atomic E-state index is 0.167. The Hall–Kier alpha value is -1.57. The first kappa shape index (κ1) is 9.00. The molecular formula is C12H12O2. The highest BCUT2D eigenvalue weighted by Crippen LogP contribution is 2.25. The van der Waals surface area contributed by atoms with Crippen LogP contribution < -0.4 is 0 Å². The summed E-state index contributed by atoms with van der Waals surface area (Å²) in [6.45, 7) is 1.99. The number of fused-ring (bicyclic) bond motifs is 1. The van der Waals surface area contributed by atoms with E-state index in [2.05, 4.69) is 0 Å². The van der Waals surface area contributed by atoms with E-state index in [1.54, 1.807) is 0 Å². The zero-order valence-electron chi connectivity index (χ0n) is 8.07. The lowest BCUT2D eigenvalue weighted by molar-refractivity contribution is -0.108. The van der Waals surface area contributed by atoms with Gasteiger partial charge in [0.05, 0.1) is 0 Å². The zero-order chi connectivity index (χ0) is 9.97. The molecule has 0 saturated heterocycles. The van der Waals surface area contributed by atoms with E-state index < -0.39 is 0 Å². The van der Waals surface area contributed by atoms with E-state index in [1.165, 1.54) is 0 Å². The highest BCUT2D eigenvalue weighted by molar-refractivity contribution is 5.77. The molecule has 1 heterocycles. The molecule has 0 fully saturated rings. The summed E-state index contributed by atoms with van der Waals surface area (Å²) in [7, 11) is 0. The molecule has 14 heavy (non-hydrogen) atoms. The van der Waals surface area contributed by atoms with E-state index in [0.29, 0.717) is 6.42 Å². The van der Waals surface area contributed by atoms with Gasteiger partial charge >= 0.3 is 0 Å². The number of benzene rings is 1. The fourth-order valence-corrected chi connectivity index (χ4v) is 1.51. The number of furan rings is 1. The van der Waals surface area contributed by atoms with E-state index in [-0.39, 0.29) is 5.92 Å². The first-order valence-electron chi connectivity index (χ1n) is 4.73. The number of carbonyl (C=O) groups is 1. The van der Waals surface area contributed by atoms with Crippen molar-refractivity contribution in [1.29, 1.82) is 0 Å². The number of para-hydroxylation sites is 1. The Morgan fingerprint density at radius 2 is 2.21 bits per heavy atom. The van der Waals surface area contributed by atoms with Crippen LogP contribution in [0.4, 0.5) is 0 Å². The Labute approximate surface area is 82.5 Å². The molecule has 0 bridgehead atoms. The van der Waals surface area contributed by atoms with Crippen molar-refractivity contribution < 1.29 is 9.21 Å². The Morgan fingerprint density at radius 3 is 2.93 bits per heavy atom. The molecule has 2 heteroatoms. The molecule has 0 aliphatic carbocycles. The lowest BCUT2D eigenvalue weighted by atomic mass is 10.1. The van der Waals surface area contributed by atoms with Crippen molar-refractivity contribution in [2.75, 3.05) is 0 Å². The molecule has 0 saturated carbocycles. The average molecular weight is 188 g/mol. The van der Waals surface area contributed by atoms with Gasteiger partial charge in [0.15, 0.2) is 0 Å². The molecular weight excluding hydrogens is 176 g/mol. The van der Waals surface area contributed by atoms with Crippen molar-refractivity contribution >= 4 is 17.3 Å². The summed E-state index contributed by atoms with van der Waals surface area (Å²) in [6, 6.07) is 9.87. The standard InChI is InChI=1S/C12H12O2/c1-9(6-7-13)12-8-10-4-2-3-5-11(10)14-12/h2-5,7-9H,6H2,1H3/t9-/m0/s1. The number of hydrogen-bond acceptors (Lipinski definition) is 2. The Morgan fingerprint density at radius 1 is 1.43 bits per heavy atom. The molecule has 1 aromatic carbocycles. The molecule has 72 valence electrons. The lowest BCUT2D eigenvalue weighted by Crippen LogP contribution is -1.90. The SMILES string of the molecule is C[C@@H](CC=O)c1cc2ccccc2o1. The van der Waals surface area contributed by atoms with Gasteiger partial charge in [-0.15, -0.1) is 0 Å². The van der Waals surface area contributed by atoms with Gasteiger partial charge in [-0.25, -0.2) is 0 Å². The van der Waals surface area contributed by atoms with E-state index in [0.717, 1.165) is 23.0 Å². The third-order valence-corrected chi connectivity index (χ3v) is 2.38. The van der Waals surface area contributed by atoms with Crippen LogP contribution in [-0.4, -0.2) is 6.29 Å². The first-order chi connectivity index (χ1) is 6.81. The number of hydrogen-bond donors (Lipinski definition) is 0. The van der Waals surface area contributed by atoms with Gasteiger partial charge in [-0.1, -0.05) is 25.1 Å². The monoisotopic (exact) mass is 188 g/mol. The Kier molecular flexibility index (Phi) is 2.35. The Bertz CT molecular complexity index is 409. The van der Waals surface area contributed by atoms with Gasteiger partial charge in [-0.2, -0.15) is 0 Å². The summed E-state index contributed by atoms with van der Waals surface area (Å²) in [5, 5.41) is 1.10. The van der Waals surface area contributed by atoms with E-state index in [1.807, 2.05) is 37.3 Å². The van der Waals surface area contributed by atoms with E-state index in [4.69, 9.17) is 4.42 Å². The van der Waals surface area contributed by atoms with Gasteiger partial charge in [0.25, 0.3) is 0 Å². The second kappa shape index (κ2) is 3.66. The van der Waals surface area contributed by atoms with Crippen LogP contribution in [0, 0.1) is 0 Å². The van der Waals surface area contributed by atoms with Crippen LogP contribution in [0.2, 0.25) is 0 Å². The van der Waals surface area contributed by atoms with Crippen LogP contribution in [0.15, 0.2) is 34.7 Å². The summed E-state index contributed by atoms with van der Waals surface area (Å²) in [5.74, 6) is 1.05. The molecule has 0 unspecified atom stereocenters. The van der Waals surface area contributed by atoms with Gasteiger partial charge in [0, 0.05) is 17.7 Å². The molecule has 2 nitrogen and oxygen atoms in total.